The summed E-state index contributed by atoms with van der Waals surface area (Å²) in [6.07, 6.45) is 1.53. The molecule has 0 spiro atoms. The van der Waals surface area contributed by atoms with E-state index in [0.717, 1.165) is 6.42 Å². The summed E-state index contributed by atoms with van der Waals surface area (Å²) in [7, 11) is 0. The summed E-state index contributed by atoms with van der Waals surface area (Å²) in [6.45, 7) is 1.89. The summed E-state index contributed by atoms with van der Waals surface area (Å²) in [5.41, 5.74) is 0. The van der Waals surface area contributed by atoms with Gasteiger partial charge in [0.1, 0.15) is 5.78 Å². The summed E-state index contributed by atoms with van der Waals surface area (Å²) in [4.78, 5) is 21.4. The van der Waals surface area contributed by atoms with Gasteiger partial charge >= 0.3 is 5.97 Å². The fourth-order valence-corrected chi connectivity index (χ4v) is 1.47. The van der Waals surface area contributed by atoms with Gasteiger partial charge in [0.15, 0.2) is 0 Å². The number of aliphatic carboxylic acids is 1. The highest BCUT2D eigenvalue weighted by atomic mass is 16.4. The Morgan fingerprint density at radius 1 is 1.64 bits per heavy atom. The van der Waals surface area contributed by atoms with Crippen molar-refractivity contribution in [2.24, 2.45) is 11.8 Å². The third kappa shape index (κ3) is 1.79. The minimum atomic E-state index is -0.828. The van der Waals surface area contributed by atoms with Gasteiger partial charge in [0, 0.05) is 12.8 Å². The molecule has 1 N–H and O–H groups in total. The second-order valence-corrected chi connectivity index (χ2v) is 3.20. The van der Waals surface area contributed by atoms with Crippen molar-refractivity contribution in [2.45, 2.75) is 26.2 Å². The quantitative estimate of drug-likeness (QED) is 0.618. The zero-order valence-corrected chi connectivity index (χ0v) is 6.54. The predicted octanol–water partition coefficient (Wildman–Crippen LogP) is 1.08. The molecule has 3 nitrogen and oxygen atoms in total. The van der Waals surface area contributed by atoms with Crippen LogP contribution in [0.4, 0.5) is 0 Å². The normalized spacial score (nSPS) is 31.9. The molecule has 62 valence electrons. The number of hydrogen-bond acceptors (Lipinski definition) is 2. The molecule has 0 aromatic carbocycles. The average Bonchev–Trinajstić information content (AvgIpc) is 1.94. The van der Waals surface area contributed by atoms with Gasteiger partial charge in [-0.05, 0) is 12.3 Å². The first kappa shape index (κ1) is 8.24. The lowest BCUT2D eigenvalue weighted by atomic mass is 9.80. The minimum Gasteiger partial charge on any atom is -0.481 e. The van der Waals surface area contributed by atoms with Crippen molar-refractivity contribution in [1.29, 1.82) is 0 Å². The van der Waals surface area contributed by atoms with E-state index in [9.17, 15) is 9.59 Å². The topological polar surface area (TPSA) is 54.4 Å². The van der Waals surface area contributed by atoms with Crippen molar-refractivity contribution in [3.63, 3.8) is 0 Å². The Kier molecular flexibility index (Phi) is 2.27. The SMILES string of the molecule is CC1CCC(=O)CC1C(=O)O. The van der Waals surface area contributed by atoms with Gasteiger partial charge in [-0.1, -0.05) is 6.92 Å². The minimum absolute atomic E-state index is 0.0931. The molecular weight excluding hydrogens is 144 g/mol. The Labute approximate surface area is 65.4 Å². The van der Waals surface area contributed by atoms with E-state index in [-0.39, 0.29) is 18.1 Å². The second-order valence-electron chi connectivity index (χ2n) is 3.20. The van der Waals surface area contributed by atoms with Gasteiger partial charge in [0.05, 0.1) is 5.92 Å². The lowest BCUT2D eigenvalue weighted by molar-refractivity contribution is -0.147. The number of rotatable bonds is 1. The van der Waals surface area contributed by atoms with Crippen LogP contribution < -0.4 is 0 Å². The van der Waals surface area contributed by atoms with Crippen molar-refractivity contribution in [3.8, 4) is 0 Å². The molecule has 0 bridgehead atoms. The van der Waals surface area contributed by atoms with Crippen LogP contribution in [0.25, 0.3) is 0 Å². The van der Waals surface area contributed by atoms with E-state index < -0.39 is 11.9 Å². The molecule has 3 heteroatoms. The fourth-order valence-electron chi connectivity index (χ4n) is 1.47. The molecule has 11 heavy (non-hydrogen) atoms. The first-order valence-corrected chi connectivity index (χ1v) is 3.85. The summed E-state index contributed by atoms with van der Waals surface area (Å²) in [5, 5.41) is 8.67. The largest absolute Gasteiger partial charge is 0.481 e. The molecule has 0 aromatic rings. The number of ketones is 1. The third-order valence-corrected chi connectivity index (χ3v) is 2.33. The molecule has 0 amide bonds. The number of hydrogen-bond donors (Lipinski definition) is 1. The summed E-state index contributed by atoms with van der Waals surface area (Å²) in [5.74, 6) is -1.01. The zero-order valence-electron chi connectivity index (χ0n) is 6.54. The van der Waals surface area contributed by atoms with Crippen LogP contribution in [0.2, 0.25) is 0 Å². The standard InChI is InChI=1S/C8H12O3/c1-5-2-3-6(9)4-7(5)8(10)11/h5,7H,2-4H2,1H3,(H,10,11). The number of carbonyl (C=O) groups excluding carboxylic acids is 1. The second kappa shape index (κ2) is 3.03. The lowest BCUT2D eigenvalue weighted by Crippen LogP contribution is -2.29. The first-order chi connectivity index (χ1) is 5.11. The van der Waals surface area contributed by atoms with E-state index in [0.29, 0.717) is 6.42 Å². The molecule has 1 rings (SSSR count). The molecule has 2 unspecified atom stereocenters. The molecule has 0 aliphatic heterocycles. The van der Waals surface area contributed by atoms with Crippen LogP contribution in [-0.4, -0.2) is 16.9 Å². The maximum absolute atomic E-state index is 10.9. The number of carboxylic acid groups (broad SMARTS) is 1. The molecule has 0 aromatic heterocycles. The highest BCUT2D eigenvalue weighted by Crippen LogP contribution is 2.27. The molecular formula is C8H12O3. The van der Waals surface area contributed by atoms with E-state index in [1.165, 1.54) is 0 Å². The van der Waals surface area contributed by atoms with Gasteiger partial charge in [-0.3, -0.25) is 9.59 Å². The Morgan fingerprint density at radius 2 is 2.27 bits per heavy atom. The molecule has 1 fully saturated rings. The van der Waals surface area contributed by atoms with Crippen LogP contribution >= 0.6 is 0 Å². The highest BCUT2D eigenvalue weighted by molar-refractivity contribution is 5.85. The van der Waals surface area contributed by atoms with E-state index in [1.807, 2.05) is 6.92 Å². The Hall–Kier alpha value is -0.860. The van der Waals surface area contributed by atoms with Crippen molar-refractivity contribution in [1.82, 2.24) is 0 Å². The number of Topliss-reactive ketones (excluding diaryl/α,β-unsaturated/α-hetero) is 1. The van der Waals surface area contributed by atoms with E-state index in [1.54, 1.807) is 0 Å². The van der Waals surface area contributed by atoms with Crippen LogP contribution in [0.1, 0.15) is 26.2 Å². The Balaban J connectivity index is 2.61. The van der Waals surface area contributed by atoms with Gasteiger partial charge in [0.25, 0.3) is 0 Å². The molecule has 0 saturated heterocycles. The van der Waals surface area contributed by atoms with Gasteiger partial charge < -0.3 is 5.11 Å². The average molecular weight is 156 g/mol. The van der Waals surface area contributed by atoms with Crippen LogP contribution in [0.3, 0.4) is 0 Å². The van der Waals surface area contributed by atoms with Gasteiger partial charge in [-0.15, -0.1) is 0 Å². The summed E-state index contributed by atoms with van der Waals surface area (Å²) < 4.78 is 0. The smallest absolute Gasteiger partial charge is 0.307 e. The monoisotopic (exact) mass is 156 g/mol. The van der Waals surface area contributed by atoms with Crippen LogP contribution in [0, 0.1) is 11.8 Å². The van der Waals surface area contributed by atoms with Crippen molar-refractivity contribution in [3.05, 3.63) is 0 Å². The third-order valence-electron chi connectivity index (χ3n) is 2.33. The van der Waals surface area contributed by atoms with Gasteiger partial charge in [-0.2, -0.15) is 0 Å². The van der Waals surface area contributed by atoms with E-state index in [4.69, 9.17) is 5.11 Å². The van der Waals surface area contributed by atoms with Gasteiger partial charge in [-0.25, -0.2) is 0 Å². The Bertz CT molecular complexity index is 186. The zero-order chi connectivity index (χ0) is 8.43. The van der Waals surface area contributed by atoms with Crippen LogP contribution in [-0.2, 0) is 9.59 Å². The summed E-state index contributed by atoms with van der Waals surface area (Å²) in [6, 6.07) is 0. The van der Waals surface area contributed by atoms with Crippen LogP contribution in [0.15, 0.2) is 0 Å². The molecule has 0 heterocycles. The van der Waals surface area contributed by atoms with Crippen LogP contribution in [0.5, 0.6) is 0 Å². The van der Waals surface area contributed by atoms with E-state index in [2.05, 4.69) is 0 Å². The predicted molar refractivity (Wildman–Crippen MR) is 39.1 cm³/mol. The Morgan fingerprint density at radius 3 is 2.73 bits per heavy atom. The molecule has 2 atom stereocenters. The maximum atomic E-state index is 10.9. The molecule has 1 saturated carbocycles. The molecule has 0 radical (unpaired) electrons. The summed E-state index contributed by atoms with van der Waals surface area (Å²) >= 11 is 0. The van der Waals surface area contributed by atoms with Gasteiger partial charge in [0.2, 0.25) is 0 Å². The fraction of sp³-hybridized carbons (Fsp3) is 0.750. The molecule has 1 aliphatic carbocycles. The lowest BCUT2D eigenvalue weighted by Gasteiger charge is -2.23. The number of carbonyl (C=O) groups is 2. The maximum Gasteiger partial charge on any atom is 0.307 e. The van der Waals surface area contributed by atoms with Crippen molar-refractivity contribution < 1.29 is 14.7 Å². The van der Waals surface area contributed by atoms with E-state index >= 15 is 0 Å². The number of carboxylic acids is 1. The highest BCUT2D eigenvalue weighted by Gasteiger charge is 2.31. The van der Waals surface area contributed by atoms with Crippen molar-refractivity contribution in [2.75, 3.05) is 0 Å². The molecule has 1 aliphatic rings. The first-order valence-electron chi connectivity index (χ1n) is 3.85. The van der Waals surface area contributed by atoms with Crippen molar-refractivity contribution >= 4 is 11.8 Å².